The van der Waals surface area contributed by atoms with Gasteiger partial charge in [0.2, 0.25) is 0 Å². The van der Waals surface area contributed by atoms with Crippen molar-refractivity contribution >= 4 is 11.0 Å². The summed E-state index contributed by atoms with van der Waals surface area (Å²) in [6.07, 6.45) is 3.76. The van der Waals surface area contributed by atoms with E-state index in [1.807, 2.05) is 42.5 Å². The molecule has 2 heterocycles. The van der Waals surface area contributed by atoms with E-state index in [-0.39, 0.29) is 6.04 Å². The van der Waals surface area contributed by atoms with E-state index in [0.29, 0.717) is 0 Å². The molecule has 5 heteroatoms. The molecule has 1 aromatic carbocycles. The third-order valence-corrected chi connectivity index (χ3v) is 3.66. The summed E-state index contributed by atoms with van der Waals surface area (Å²) >= 11 is 0. The van der Waals surface area contributed by atoms with Gasteiger partial charge in [-0.15, -0.1) is 0 Å². The highest BCUT2D eigenvalue weighted by Gasteiger charge is 2.15. The molecule has 1 atom stereocenters. The lowest BCUT2D eigenvalue weighted by Crippen LogP contribution is -2.24. The first kappa shape index (κ1) is 12.9. The second kappa shape index (κ2) is 5.46. The van der Waals surface area contributed by atoms with Gasteiger partial charge in [-0.3, -0.25) is 4.68 Å². The van der Waals surface area contributed by atoms with E-state index in [4.69, 9.17) is 0 Å². The first-order valence-corrected chi connectivity index (χ1v) is 6.92. The highest BCUT2D eigenvalue weighted by atomic mass is 15.3. The van der Waals surface area contributed by atoms with Crippen molar-refractivity contribution in [2.75, 3.05) is 7.05 Å². The lowest BCUT2D eigenvalue weighted by atomic mass is 10.2. The molecule has 0 spiro atoms. The molecule has 0 saturated heterocycles. The van der Waals surface area contributed by atoms with Crippen molar-refractivity contribution in [3.05, 3.63) is 48.5 Å². The SMILES string of the molecule is CCn1nccc1C(Cn1cnc2ccccc21)NC. The van der Waals surface area contributed by atoms with Crippen LogP contribution in [0.5, 0.6) is 0 Å². The highest BCUT2D eigenvalue weighted by Crippen LogP contribution is 2.18. The van der Waals surface area contributed by atoms with Gasteiger partial charge in [-0.25, -0.2) is 4.98 Å². The molecular formula is C15H19N5. The molecule has 0 saturated carbocycles. The van der Waals surface area contributed by atoms with Gasteiger partial charge in [-0.1, -0.05) is 12.1 Å². The molecule has 0 radical (unpaired) electrons. The summed E-state index contributed by atoms with van der Waals surface area (Å²) in [7, 11) is 1.98. The Bertz CT molecular complexity index is 697. The molecule has 1 unspecified atom stereocenters. The summed E-state index contributed by atoms with van der Waals surface area (Å²) in [6, 6.07) is 10.5. The van der Waals surface area contributed by atoms with E-state index in [9.17, 15) is 0 Å². The van der Waals surface area contributed by atoms with Gasteiger partial charge in [0.15, 0.2) is 0 Å². The Morgan fingerprint density at radius 3 is 2.90 bits per heavy atom. The number of para-hydroxylation sites is 2. The number of hydrogen-bond donors (Lipinski definition) is 1. The second-order valence-electron chi connectivity index (χ2n) is 4.80. The minimum absolute atomic E-state index is 0.218. The molecule has 104 valence electrons. The molecule has 0 bridgehead atoms. The number of hydrogen-bond acceptors (Lipinski definition) is 3. The number of imidazole rings is 1. The Morgan fingerprint density at radius 1 is 1.25 bits per heavy atom. The number of aromatic nitrogens is 4. The van der Waals surface area contributed by atoms with Gasteiger partial charge in [0, 0.05) is 19.3 Å². The lowest BCUT2D eigenvalue weighted by Gasteiger charge is -2.18. The van der Waals surface area contributed by atoms with E-state index in [0.717, 1.165) is 24.1 Å². The van der Waals surface area contributed by atoms with Crippen LogP contribution in [0.25, 0.3) is 11.0 Å². The van der Waals surface area contributed by atoms with E-state index < -0.39 is 0 Å². The fraction of sp³-hybridized carbons (Fsp3) is 0.333. The van der Waals surface area contributed by atoms with Crippen LogP contribution in [0.3, 0.4) is 0 Å². The van der Waals surface area contributed by atoms with E-state index in [1.54, 1.807) is 0 Å². The Balaban J connectivity index is 1.92. The molecule has 20 heavy (non-hydrogen) atoms. The Labute approximate surface area is 118 Å². The van der Waals surface area contributed by atoms with Crippen LogP contribution in [0.4, 0.5) is 0 Å². The average molecular weight is 269 g/mol. The zero-order valence-electron chi connectivity index (χ0n) is 11.8. The van der Waals surface area contributed by atoms with Crippen LogP contribution in [0.1, 0.15) is 18.7 Å². The van der Waals surface area contributed by atoms with Gasteiger partial charge in [0.25, 0.3) is 0 Å². The number of aryl methyl sites for hydroxylation is 1. The first-order chi connectivity index (χ1) is 9.83. The summed E-state index contributed by atoms with van der Waals surface area (Å²) in [5.74, 6) is 0. The average Bonchev–Trinajstić information content (AvgIpc) is 3.11. The predicted octanol–water partition coefficient (Wildman–Crippen LogP) is 2.21. The van der Waals surface area contributed by atoms with Gasteiger partial charge in [0.05, 0.1) is 29.1 Å². The van der Waals surface area contributed by atoms with E-state index >= 15 is 0 Å². The van der Waals surface area contributed by atoms with Crippen molar-refractivity contribution in [2.45, 2.75) is 26.1 Å². The second-order valence-corrected chi connectivity index (χ2v) is 4.80. The van der Waals surface area contributed by atoms with Gasteiger partial charge in [0.1, 0.15) is 0 Å². The standard InChI is InChI=1S/C15H19N5/c1-3-20-15(8-9-18-20)13(16-2)10-19-11-17-12-6-4-5-7-14(12)19/h4-9,11,13,16H,3,10H2,1-2H3. The Kier molecular flexibility index (Phi) is 3.52. The van der Waals surface area contributed by atoms with Crippen LogP contribution in [-0.4, -0.2) is 26.4 Å². The van der Waals surface area contributed by atoms with Gasteiger partial charge >= 0.3 is 0 Å². The lowest BCUT2D eigenvalue weighted by molar-refractivity contribution is 0.462. The Hall–Kier alpha value is -2.14. The highest BCUT2D eigenvalue weighted by molar-refractivity contribution is 5.74. The molecule has 0 aliphatic heterocycles. The molecule has 2 aromatic heterocycles. The number of likely N-dealkylation sites (N-methyl/N-ethyl adjacent to an activating group) is 1. The number of nitrogens with one attached hydrogen (secondary N) is 1. The van der Waals surface area contributed by atoms with Crippen LogP contribution in [0, 0.1) is 0 Å². The maximum atomic E-state index is 4.44. The van der Waals surface area contributed by atoms with Gasteiger partial charge < -0.3 is 9.88 Å². The maximum Gasteiger partial charge on any atom is 0.0958 e. The summed E-state index contributed by atoms with van der Waals surface area (Å²) in [4.78, 5) is 4.44. The van der Waals surface area contributed by atoms with Crippen LogP contribution in [0.2, 0.25) is 0 Å². The fourth-order valence-corrected chi connectivity index (χ4v) is 2.59. The molecule has 0 aliphatic rings. The quantitative estimate of drug-likeness (QED) is 0.772. The third-order valence-electron chi connectivity index (χ3n) is 3.66. The summed E-state index contributed by atoms with van der Waals surface area (Å²) in [5.41, 5.74) is 3.40. The minimum atomic E-state index is 0.218. The van der Waals surface area contributed by atoms with Gasteiger partial charge in [-0.2, -0.15) is 5.10 Å². The molecular weight excluding hydrogens is 250 g/mol. The zero-order chi connectivity index (χ0) is 13.9. The fourth-order valence-electron chi connectivity index (χ4n) is 2.59. The summed E-state index contributed by atoms with van der Waals surface area (Å²) in [6.45, 7) is 3.82. The molecule has 1 N–H and O–H groups in total. The molecule has 3 rings (SSSR count). The summed E-state index contributed by atoms with van der Waals surface area (Å²) < 4.78 is 4.21. The number of fused-ring (bicyclic) bond motifs is 1. The molecule has 0 amide bonds. The number of benzene rings is 1. The topological polar surface area (TPSA) is 47.7 Å². The van der Waals surface area contributed by atoms with Gasteiger partial charge in [-0.05, 0) is 32.2 Å². The molecule has 0 fully saturated rings. The van der Waals surface area contributed by atoms with Crippen LogP contribution >= 0.6 is 0 Å². The molecule has 3 aromatic rings. The van der Waals surface area contributed by atoms with Crippen molar-refractivity contribution in [3.63, 3.8) is 0 Å². The van der Waals surface area contributed by atoms with Crippen molar-refractivity contribution in [1.29, 1.82) is 0 Å². The normalized spacial score (nSPS) is 12.9. The first-order valence-electron chi connectivity index (χ1n) is 6.92. The maximum absolute atomic E-state index is 4.44. The molecule has 5 nitrogen and oxygen atoms in total. The molecule has 0 aliphatic carbocycles. The Morgan fingerprint density at radius 2 is 2.10 bits per heavy atom. The predicted molar refractivity (Wildman–Crippen MR) is 79.4 cm³/mol. The van der Waals surface area contributed by atoms with Crippen molar-refractivity contribution < 1.29 is 0 Å². The smallest absolute Gasteiger partial charge is 0.0958 e. The van der Waals surface area contributed by atoms with Crippen molar-refractivity contribution in [1.82, 2.24) is 24.6 Å². The van der Waals surface area contributed by atoms with Crippen molar-refractivity contribution in [3.8, 4) is 0 Å². The van der Waals surface area contributed by atoms with Crippen LogP contribution in [-0.2, 0) is 13.1 Å². The third kappa shape index (κ3) is 2.20. The number of rotatable bonds is 5. The van der Waals surface area contributed by atoms with Crippen LogP contribution in [0.15, 0.2) is 42.9 Å². The van der Waals surface area contributed by atoms with Crippen molar-refractivity contribution in [2.24, 2.45) is 0 Å². The van der Waals surface area contributed by atoms with E-state index in [1.165, 1.54) is 5.69 Å². The van der Waals surface area contributed by atoms with Crippen LogP contribution < -0.4 is 5.32 Å². The van der Waals surface area contributed by atoms with E-state index in [2.05, 4.69) is 39.0 Å². The number of nitrogens with zero attached hydrogens (tertiary/aromatic N) is 4. The summed E-state index contributed by atoms with van der Waals surface area (Å²) in [5, 5.41) is 7.72. The minimum Gasteiger partial charge on any atom is -0.329 e. The monoisotopic (exact) mass is 269 g/mol. The largest absolute Gasteiger partial charge is 0.329 e. The zero-order valence-corrected chi connectivity index (χ0v) is 11.8.